The summed E-state index contributed by atoms with van der Waals surface area (Å²) in [6, 6.07) is 14.2. The Balaban J connectivity index is 1.81. The molecule has 0 saturated carbocycles. The molecule has 2 aromatic rings. The zero-order valence-electron chi connectivity index (χ0n) is 24.1. The molecule has 0 aromatic heterocycles. The molecule has 0 aliphatic heterocycles. The lowest BCUT2D eigenvalue weighted by Crippen LogP contribution is -2.38. The van der Waals surface area contributed by atoms with E-state index in [0.717, 1.165) is 5.69 Å². The topological polar surface area (TPSA) is 205 Å². The number of carbonyl (C=O) groups is 4. The van der Waals surface area contributed by atoms with Crippen molar-refractivity contribution in [1.29, 1.82) is 0 Å². The minimum absolute atomic E-state index is 0.0509. The summed E-state index contributed by atoms with van der Waals surface area (Å²) in [6.45, 7) is 5.95. The van der Waals surface area contributed by atoms with Crippen LogP contribution in [0.25, 0.3) is 0 Å². The summed E-state index contributed by atoms with van der Waals surface area (Å²) in [6.07, 6.45) is -0.595. The molecule has 0 aliphatic carbocycles. The predicted molar refractivity (Wildman–Crippen MR) is 158 cm³/mol. The second kappa shape index (κ2) is 16.7. The summed E-state index contributed by atoms with van der Waals surface area (Å²) >= 11 is 0. The number of carbonyl (C=O) groups excluding carboxylic acids is 2. The van der Waals surface area contributed by atoms with E-state index < -0.39 is 35.5 Å². The minimum atomic E-state index is -1.23. The first-order valence-corrected chi connectivity index (χ1v) is 13.6. The van der Waals surface area contributed by atoms with Crippen molar-refractivity contribution in [3.8, 4) is 0 Å². The lowest BCUT2D eigenvalue weighted by molar-refractivity contribution is -0.146. The number of rotatable bonds is 16. The Morgan fingerprint density at radius 2 is 1.43 bits per heavy atom. The van der Waals surface area contributed by atoms with Crippen molar-refractivity contribution in [2.45, 2.75) is 52.1 Å². The van der Waals surface area contributed by atoms with Crippen molar-refractivity contribution in [2.24, 2.45) is 27.8 Å². The maximum atomic E-state index is 12.4. The highest BCUT2D eigenvalue weighted by molar-refractivity contribution is 5.90. The van der Waals surface area contributed by atoms with Gasteiger partial charge in [0.2, 0.25) is 5.91 Å². The van der Waals surface area contributed by atoms with Crippen LogP contribution in [0.3, 0.4) is 0 Å². The van der Waals surface area contributed by atoms with Crippen LogP contribution < -0.4 is 21.7 Å². The number of carboxylic acid groups (broad SMARTS) is 2. The van der Waals surface area contributed by atoms with Crippen molar-refractivity contribution in [2.75, 3.05) is 30.3 Å². The van der Waals surface area contributed by atoms with E-state index in [1.54, 1.807) is 45.0 Å². The first kappa shape index (κ1) is 33.7. The van der Waals surface area contributed by atoms with Crippen LogP contribution in [0.4, 0.5) is 27.5 Å². The fourth-order valence-electron chi connectivity index (χ4n) is 3.80. The molecular formula is C29H40N6O7. The molecule has 42 heavy (non-hydrogen) atoms. The first-order valence-electron chi connectivity index (χ1n) is 13.6. The first-order chi connectivity index (χ1) is 19.9. The van der Waals surface area contributed by atoms with Gasteiger partial charge in [-0.1, -0.05) is 0 Å². The summed E-state index contributed by atoms with van der Waals surface area (Å²) < 4.78 is 5.09. The lowest BCUT2D eigenvalue weighted by atomic mass is 9.90. The Morgan fingerprint density at radius 3 is 1.93 bits per heavy atom. The molecule has 2 rings (SSSR count). The minimum Gasteiger partial charge on any atom is -0.481 e. The SMILES string of the molecule is CC(C)(C)OC(=O)NC[C@@H](C[C@H](CCCC(=O)Nc1ccc(N=Nc2ccc(NCCN)cc2)cc1)C(=O)O)C(=O)O. The van der Waals surface area contributed by atoms with E-state index in [4.69, 9.17) is 10.5 Å². The van der Waals surface area contributed by atoms with E-state index in [2.05, 4.69) is 26.2 Å². The molecule has 0 fully saturated rings. The number of nitrogens with one attached hydrogen (secondary N) is 3. The number of alkyl carbamates (subject to hydrolysis) is 1. The van der Waals surface area contributed by atoms with Crippen LogP contribution >= 0.6 is 0 Å². The van der Waals surface area contributed by atoms with Crippen molar-refractivity contribution in [3.05, 3.63) is 48.5 Å². The molecule has 2 atom stereocenters. The van der Waals surface area contributed by atoms with Gasteiger partial charge in [-0.3, -0.25) is 14.4 Å². The number of azo groups is 1. The average Bonchev–Trinajstić information content (AvgIpc) is 2.92. The van der Waals surface area contributed by atoms with Gasteiger partial charge in [-0.25, -0.2) is 4.79 Å². The van der Waals surface area contributed by atoms with Gasteiger partial charge in [0.15, 0.2) is 0 Å². The van der Waals surface area contributed by atoms with Gasteiger partial charge in [-0.15, -0.1) is 0 Å². The number of nitrogens with two attached hydrogens (primary N) is 1. The Kier molecular flexibility index (Phi) is 13.4. The van der Waals surface area contributed by atoms with Crippen molar-refractivity contribution in [1.82, 2.24) is 5.32 Å². The molecule has 228 valence electrons. The number of nitrogens with zero attached hydrogens (tertiary/aromatic N) is 2. The predicted octanol–water partition coefficient (Wildman–Crippen LogP) is 4.90. The number of benzene rings is 2. The third kappa shape index (κ3) is 13.2. The maximum absolute atomic E-state index is 12.4. The van der Waals surface area contributed by atoms with Gasteiger partial charge in [-0.05, 0) is 88.6 Å². The zero-order chi connectivity index (χ0) is 31.1. The van der Waals surface area contributed by atoms with E-state index in [1.165, 1.54) is 0 Å². The summed E-state index contributed by atoms with van der Waals surface area (Å²) in [7, 11) is 0. The van der Waals surface area contributed by atoms with Gasteiger partial charge in [-0.2, -0.15) is 10.2 Å². The van der Waals surface area contributed by atoms with Crippen LogP contribution in [-0.4, -0.2) is 59.4 Å². The van der Waals surface area contributed by atoms with Gasteiger partial charge in [0.1, 0.15) is 5.60 Å². The van der Waals surface area contributed by atoms with Crippen LogP contribution in [-0.2, 0) is 19.1 Å². The number of carboxylic acids is 2. The van der Waals surface area contributed by atoms with Crippen LogP contribution in [0.15, 0.2) is 58.8 Å². The van der Waals surface area contributed by atoms with Crippen LogP contribution in [0.2, 0.25) is 0 Å². The van der Waals surface area contributed by atoms with Crippen molar-refractivity contribution < 1.29 is 34.1 Å². The molecule has 0 saturated heterocycles. The highest BCUT2D eigenvalue weighted by Gasteiger charge is 2.28. The third-order valence-electron chi connectivity index (χ3n) is 5.89. The van der Waals surface area contributed by atoms with Gasteiger partial charge >= 0.3 is 18.0 Å². The van der Waals surface area contributed by atoms with Crippen molar-refractivity contribution >= 4 is 46.7 Å². The molecule has 0 aliphatic rings. The van der Waals surface area contributed by atoms with E-state index in [9.17, 15) is 29.4 Å². The number of hydrogen-bond donors (Lipinski definition) is 6. The third-order valence-corrected chi connectivity index (χ3v) is 5.89. The molecule has 2 amide bonds. The number of ether oxygens (including phenoxy) is 1. The Labute approximate surface area is 244 Å². The molecule has 0 spiro atoms. The fourth-order valence-corrected chi connectivity index (χ4v) is 3.80. The average molecular weight is 585 g/mol. The molecule has 0 heterocycles. The molecule has 13 heteroatoms. The van der Waals surface area contributed by atoms with Gasteiger partial charge in [0.05, 0.1) is 23.2 Å². The molecule has 0 radical (unpaired) electrons. The molecule has 2 aromatic carbocycles. The second-order valence-corrected chi connectivity index (χ2v) is 10.6. The smallest absolute Gasteiger partial charge is 0.407 e. The molecular weight excluding hydrogens is 544 g/mol. The lowest BCUT2D eigenvalue weighted by Gasteiger charge is -2.22. The number of aliphatic carboxylic acids is 2. The standard InChI is InChI=1S/C29H40N6O7/c1-29(2,3)42-28(41)32-18-20(27(39)40)17-19(26(37)38)5-4-6-25(36)33-22-9-13-24(14-10-22)35-34-23-11-7-21(8-12-23)31-16-15-30/h7-14,19-20,31H,4-6,15-18,30H2,1-3H3,(H,32,41)(H,33,36)(H,37,38)(H,39,40)/t19-,20+/m0/s1. The monoisotopic (exact) mass is 584 g/mol. The van der Waals surface area contributed by atoms with E-state index in [1.807, 2.05) is 24.3 Å². The summed E-state index contributed by atoms with van der Waals surface area (Å²) in [5, 5.41) is 35.8. The van der Waals surface area contributed by atoms with Crippen LogP contribution in [0.1, 0.15) is 46.5 Å². The largest absolute Gasteiger partial charge is 0.481 e. The fraction of sp³-hybridized carbons (Fsp3) is 0.448. The summed E-state index contributed by atoms with van der Waals surface area (Å²) in [5.41, 5.74) is 7.49. The van der Waals surface area contributed by atoms with Crippen LogP contribution in [0, 0.1) is 11.8 Å². The quantitative estimate of drug-likeness (QED) is 0.148. The number of anilines is 2. The summed E-state index contributed by atoms with van der Waals surface area (Å²) in [5.74, 6) is -4.82. The van der Waals surface area contributed by atoms with Crippen molar-refractivity contribution in [3.63, 3.8) is 0 Å². The molecule has 0 bridgehead atoms. The summed E-state index contributed by atoms with van der Waals surface area (Å²) in [4.78, 5) is 47.7. The molecule has 7 N–H and O–H groups in total. The number of amides is 2. The second-order valence-electron chi connectivity index (χ2n) is 10.6. The van der Waals surface area contributed by atoms with Gasteiger partial charge in [0, 0.05) is 37.4 Å². The maximum Gasteiger partial charge on any atom is 0.407 e. The Bertz CT molecular complexity index is 1210. The van der Waals surface area contributed by atoms with Gasteiger partial charge in [0.25, 0.3) is 0 Å². The van der Waals surface area contributed by atoms with Gasteiger partial charge < -0.3 is 36.6 Å². The van der Waals surface area contributed by atoms with E-state index >= 15 is 0 Å². The Hall–Kier alpha value is -4.52. The number of hydrogen-bond acceptors (Lipinski definition) is 9. The Morgan fingerprint density at radius 1 is 0.881 bits per heavy atom. The zero-order valence-corrected chi connectivity index (χ0v) is 24.1. The molecule has 0 unspecified atom stereocenters. The normalized spacial score (nSPS) is 12.8. The van der Waals surface area contributed by atoms with Crippen LogP contribution in [0.5, 0.6) is 0 Å². The van der Waals surface area contributed by atoms with E-state index in [0.29, 0.717) is 30.2 Å². The van der Waals surface area contributed by atoms with E-state index in [-0.39, 0.29) is 38.1 Å². The highest BCUT2D eigenvalue weighted by Crippen LogP contribution is 2.23. The molecule has 13 nitrogen and oxygen atoms in total. The highest BCUT2D eigenvalue weighted by atomic mass is 16.6.